The van der Waals surface area contributed by atoms with Gasteiger partial charge in [-0.1, -0.05) is 13.8 Å². The van der Waals surface area contributed by atoms with Gasteiger partial charge in [-0.3, -0.25) is 9.59 Å². The quantitative estimate of drug-likeness (QED) is 0.572. The molecule has 140 valence electrons. The summed E-state index contributed by atoms with van der Waals surface area (Å²) in [6.45, 7) is 9.37. The third kappa shape index (κ3) is 4.48. The van der Waals surface area contributed by atoms with Gasteiger partial charge in [0.2, 0.25) is 5.91 Å². The molecular formula is C18H28N2O5. The number of aromatic nitrogens is 1. The number of H-pyrrole nitrogens is 1. The second-order valence-electron chi connectivity index (χ2n) is 6.34. The number of rotatable bonds is 8. The van der Waals surface area contributed by atoms with Gasteiger partial charge in [-0.2, -0.15) is 0 Å². The zero-order chi connectivity index (χ0) is 19.3. The van der Waals surface area contributed by atoms with Crippen molar-refractivity contribution in [3.63, 3.8) is 0 Å². The number of Topliss-reactive ketones (excluding diaryl/α,β-unsaturated/α-hetero) is 1. The molecule has 0 aliphatic carbocycles. The van der Waals surface area contributed by atoms with Gasteiger partial charge in [-0.05, 0) is 26.3 Å². The first-order valence-electron chi connectivity index (χ1n) is 8.28. The van der Waals surface area contributed by atoms with Gasteiger partial charge in [-0.15, -0.1) is 0 Å². The fourth-order valence-electron chi connectivity index (χ4n) is 2.79. The highest BCUT2D eigenvalue weighted by Crippen LogP contribution is 2.22. The Balaban J connectivity index is 3.21. The molecule has 1 heterocycles. The van der Waals surface area contributed by atoms with Crippen LogP contribution in [-0.4, -0.2) is 61.0 Å². The number of methoxy groups -OCH3 is 2. The van der Waals surface area contributed by atoms with Crippen LogP contribution in [0.4, 0.5) is 0 Å². The summed E-state index contributed by atoms with van der Waals surface area (Å²) in [5.41, 5.74) is 1.80. The van der Waals surface area contributed by atoms with E-state index in [0.717, 1.165) is 0 Å². The molecule has 1 rings (SSSR count). The molecule has 0 bridgehead atoms. The number of carbonyl (C=O) groups excluding carboxylic acids is 3. The maximum Gasteiger partial charge on any atom is 0.354 e. The standard InChI is InChI=1S/C18H28N2O5/c1-10(2)17(22)20(8-9-24-6)13(5)16(21)14-11(3)15(18(23)25-7)19-12(14)4/h10,13,19H,8-9H2,1-7H3. The van der Waals surface area contributed by atoms with Gasteiger partial charge in [-0.25, -0.2) is 4.79 Å². The van der Waals surface area contributed by atoms with E-state index in [4.69, 9.17) is 9.47 Å². The fraction of sp³-hybridized carbons (Fsp3) is 0.611. The van der Waals surface area contributed by atoms with Crippen molar-refractivity contribution in [2.24, 2.45) is 5.92 Å². The third-order valence-electron chi connectivity index (χ3n) is 4.23. The van der Waals surface area contributed by atoms with Crippen LogP contribution in [-0.2, 0) is 14.3 Å². The van der Waals surface area contributed by atoms with Gasteiger partial charge in [0.05, 0.1) is 19.8 Å². The van der Waals surface area contributed by atoms with Gasteiger partial charge in [0.25, 0.3) is 0 Å². The predicted octanol–water partition coefficient (Wildman–Crippen LogP) is 2.12. The molecule has 0 spiro atoms. The number of hydrogen-bond acceptors (Lipinski definition) is 5. The number of esters is 1. The molecule has 0 radical (unpaired) electrons. The van der Waals surface area contributed by atoms with Gasteiger partial charge in [0.15, 0.2) is 5.78 Å². The summed E-state index contributed by atoms with van der Waals surface area (Å²) < 4.78 is 9.80. The first-order chi connectivity index (χ1) is 11.7. The Hall–Kier alpha value is -2.15. The van der Waals surface area contributed by atoms with Crippen LogP contribution in [0.2, 0.25) is 0 Å². The average molecular weight is 352 g/mol. The van der Waals surface area contributed by atoms with Crippen LogP contribution in [0.3, 0.4) is 0 Å². The van der Waals surface area contributed by atoms with Gasteiger partial charge in [0, 0.05) is 30.8 Å². The Kier molecular flexibility index (Phi) is 7.36. The lowest BCUT2D eigenvalue weighted by Crippen LogP contribution is -2.46. The van der Waals surface area contributed by atoms with E-state index in [1.807, 2.05) is 0 Å². The third-order valence-corrected chi connectivity index (χ3v) is 4.23. The minimum atomic E-state index is -0.663. The van der Waals surface area contributed by atoms with Crippen molar-refractivity contribution in [3.8, 4) is 0 Å². The van der Waals surface area contributed by atoms with Crippen molar-refractivity contribution in [3.05, 3.63) is 22.5 Å². The van der Waals surface area contributed by atoms with Crippen molar-refractivity contribution >= 4 is 17.7 Å². The van der Waals surface area contributed by atoms with E-state index < -0.39 is 12.0 Å². The van der Waals surface area contributed by atoms with Crippen molar-refractivity contribution < 1.29 is 23.9 Å². The first-order valence-corrected chi connectivity index (χ1v) is 8.28. The molecule has 0 fully saturated rings. The van der Waals surface area contributed by atoms with Crippen LogP contribution in [0.5, 0.6) is 0 Å². The second kappa shape index (κ2) is 8.80. The molecule has 0 aliphatic heterocycles. The summed E-state index contributed by atoms with van der Waals surface area (Å²) in [6.07, 6.45) is 0. The molecule has 1 aromatic heterocycles. The molecule has 0 aromatic carbocycles. The highest BCUT2D eigenvalue weighted by Gasteiger charge is 2.31. The van der Waals surface area contributed by atoms with Crippen LogP contribution < -0.4 is 0 Å². The lowest BCUT2D eigenvalue weighted by Gasteiger charge is -2.30. The molecule has 1 amide bonds. The maximum absolute atomic E-state index is 13.0. The number of hydrogen-bond donors (Lipinski definition) is 1. The van der Waals surface area contributed by atoms with Gasteiger partial charge in [0.1, 0.15) is 5.69 Å². The molecule has 1 atom stereocenters. The summed E-state index contributed by atoms with van der Waals surface area (Å²) in [4.78, 5) is 41.8. The molecule has 0 saturated carbocycles. The molecular weight excluding hydrogens is 324 g/mol. The van der Waals surface area contributed by atoms with E-state index >= 15 is 0 Å². The van der Waals surface area contributed by atoms with Crippen molar-refractivity contribution in [2.75, 3.05) is 27.4 Å². The van der Waals surface area contributed by atoms with E-state index in [1.165, 1.54) is 12.0 Å². The summed E-state index contributed by atoms with van der Waals surface area (Å²) >= 11 is 0. The highest BCUT2D eigenvalue weighted by molar-refractivity contribution is 6.06. The van der Waals surface area contributed by atoms with Crippen LogP contribution in [0.1, 0.15) is 52.9 Å². The van der Waals surface area contributed by atoms with Gasteiger partial charge < -0.3 is 19.4 Å². The Morgan fingerprint density at radius 1 is 1.12 bits per heavy atom. The van der Waals surface area contributed by atoms with Crippen LogP contribution in [0.15, 0.2) is 0 Å². The molecule has 25 heavy (non-hydrogen) atoms. The number of ketones is 1. The van der Waals surface area contributed by atoms with Crippen LogP contribution >= 0.6 is 0 Å². The van der Waals surface area contributed by atoms with Crippen molar-refractivity contribution in [1.29, 1.82) is 0 Å². The maximum atomic E-state index is 13.0. The van der Waals surface area contributed by atoms with Crippen LogP contribution in [0, 0.1) is 19.8 Å². The number of ether oxygens (including phenoxy) is 2. The number of aromatic amines is 1. The largest absolute Gasteiger partial charge is 0.464 e. The number of carbonyl (C=O) groups is 3. The molecule has 1 unspecified atom stereocenters. The van der Waals surface area contributed by atoms with Crippen molar-refractivity contribution in [1.82, 2.24) is 9.88 Å². The number of nitrogens with zero attached hydrogens (tertiary/aromatic N) is 1. The molecule has 0 aliphatic rings. The lowest BCUT2D eigenvalue weighted by atomic mass is 9.99. The topological polar surface area (TPSA) is 88.7 Å². The summed E-state index contributed by atoms with van der Waals surface area (Å²) in [6, 6.07) is -0.663. The first kappa shape index (κ1) is 20.9. The minimum absolute atomic E-state index is 0.114. The Labute approximate surface area is 148 Å². The normalized spacial score (nSPS) is 12.2. The molecule has 1 N–H and O–H groups in total. The number of amides is 1. The Morgan fingerprint density at radius 3 is 2.20 bits per heavy atom. The summed E-state index contributed by atoms with van der Waals surface area (Å²) in [7, 11) is 2.84. The van der Waals surface area contributed by atoms with E-state index in [2.05, 4.69) is 4.98 Å². The smallest absolute Gasteiger partial charge is 0.354 e. The SMILES string of the molecule is COCCN(C(=O)C(C)C)C(C)C(=O)c1c(C)[nH]c(C(=O)OC)c1C. The van der Waals surface area contributed by atoms with Crippen molar-refractivity contribution in [2.45, 2.75) is 40.7 Å². The zero-order valence-corrected chi connectivity index (χ0v) is 16.1. The Morgan fingerprint density at radius 2 is 1.72 bits per heavy atom. The monoisotopic (exact) mass is 352 g/mol. The predicted molar refractivity (Wildman–Crippen MR) is 93.8 cm³/mol. The Bertz CT molecular complexity index is 648. The van der Waals surface area contributed by atoms with E-state index in [1.54, 1.807) is 41.7 Å². The second-order valence-corrected chi connectivity index (χ2v) is 6.34. The average Bonchev–Trinajstić information content (AvgIpc) is 2.87. The number of nitrogens with one attached hydrogen (secondary N) is 1. The molecule has 7 heteroatoms. The van der Waals surface area contributed by atoms with Gasteiger partial charge >= 0.3 is 5.97 Å². The number of aryl methyl sites for hydroxylation is 1. The van der Waals surface area contributed by atoms with E-state index in [9.17, 15) is 14.4 Å². The van der Waals surface area contributed by atoms with E-state index in [0.29, 0.717) is 30.0 Å². The minimum Gasteiger partial charge on any atom is -0.464 e. The highest BCUT2D eigenvalue weighted by atomic mass is 16.5. The fourth-order valence-corrected chi connectivity index (χ4v) is 2.79. The zero-order valence-electron chi connectivity index (χ0n) is 16.1. The molecule has 0 saturated heterocycles. The summed E-state index contributed by atoms with van der Waals surface area (Å²) in [5.74, 6) is -1.09. The summed E-state index contributed by atoms with van der Waals surface area (Å²) in [5, 5.41) is 0. The molecule has 1 aromatic rings. The lowest BCUT2D eigenvalue weighted by molar-refractivity contribution is -0.136. The molecule has 7 nitrogen and oxygen atoms in total. The van der Waals surface area contributed by atoms with Crippen LogP contribution in [0.25, 0.3) is 0 Å². The van der Waals surface area contributed by atoms with E-state index in [-0.39, 0.29) is 23.3 Å².